The highest BCUT2D eigenvalue weighted by atomic mass is 32.1. The van der Waals surface area contributed by atoms with Crippen LogP contribution in [0, 0.1) is 0 Å². The Hall–Kier alpha value is -1.60. The first-order valence-electron chi connectivity index (χ1n) is 7.31. The second-order valence-electron chi connectivity index (χ2n) is 5.66. The summed E-state index contributed by atoms with van der Waals surface area (Å²) in [4.78, 5) is 5.32. The van der Waals surface area contributed by atoms with Crippen molar-refractivity contribution in [2.75, 3.05) is 12.4 Å². The smallest absolute Gasteiger partial charge is 0.357 e. The first-order valence-corrected chi connectivity index (χ1v) is 8.13. The molecule has 0 radical (unpaired) electrons. The Kier molecular flexibility index (Phi) is 5.64. The fourth-order valence-electron chi connectivity index (χ4n) is 1.99. The van der Waals surface area contributed by atoms with E-state index < -0.39 is 11.1 Å². The number of hydrogen-bond donors (Lipinski definition) is 1. The maximum atomic E-state index is 12.6. The van der Waals surface area contributed by atoms with E-state index in [0.717, 1.165) is 23.9 Å². The lowest BCUT2D eigenvalue weighted by molar-refractivity contribution is -0.134. The van der Waals surface area contributed by atoms with Crippen molar-refractivity contribution in [3.05, 3.63) is 46.5 Å². The van der Waals surface area contributed by atoms with Crippen molar-refractivity contribution in [3.8, 4) is 0 Å². The lowest BCUT2D eigenvalue weighted by atomic mass is 10.1. The molecule has 7 heteroatoms. The third kappa shape index (κ3) is 4.94. The number of alkyl halides is 3. The SMILES string of the molecule is CC(C)N(C)Cc1ccccc1CNc1ncc(C(F)(F)F)s1. The average molecular weight is 343 g/mol. The van der Waals surface area contributed by atoms with Gasteiger partial charge in [0.05, 0.1) is 6.20 Å². The molecule has 0 saturated heterocycles. The number of rotatable bonds is 6. The van der Waals surface area contributed by atoms with Crippen LogP contribution in [0.15, 0.2) is 30.5 Å². The summed E-state index contributed by atoms with van der Waals surface area (Å²) in [5.74, 6) is 0. The predicted molar refractivity (Wildman–Crippen MR) is 87.5 cm³/mol. The number of benzene rings is 1. The third-order valence-electron chi connectivity index (χ3n) is 3.63. The van der Waals surface area contributed by atoms with Crippen molar-refractivity contribution in [2.24, 2.45) is 0 Å². The number of anilines is 1. The van der Waals surface area contributed by atoms with Crippen molar-refractivity contribution in [1.29, 1.82) is 0 Å². The van der Waals surface area contributed by atoms with Gasteiger partial charge >= 0.3 is 6.18 Å². The maximum absolute atomic E-state index is 12.6. The molecule has 0 fully saturated rings. The van der Waals surface area contributed by atoms with Gasteiger partial charge in [-0.2, -0.15) is 13.2 Å². The minimum Gasteiger partial charge on any atom is -0.357 e. The van der Waals surface area contributed by atoms with E-state index in [4.69, 9.17) is 0 Å². The highest BCUT2D eigenvalue weighted by molar-refractivity contribution is 7.15. The van der Waals surface area contributed by atoms with Crippen molar-refractivity contribution in [2.45, 2.75) is 39.2 Å². The molecule has 126 valence electrons. The largest absolute Gasteiger partial charge is 0.427 e. The zero-order valence-electron chi connectivity index (χ0n) is 13.3. The van der Waals surface area contributed by atoms with Gasteiger partial charge in [0, 0.05) is 19.1 Å². The van der Waals surface area contributed by atoms with Crippen LogP contribution in [0.1, 0.15) is 29.9 Å². The molecule has 2 aromatic rings. The molecule has 1 N–H and O–H groups in total. The number of nitrogens with one attached hydrogen (secondary N) is 1. The summed E-state index contributed by atoms with van der Waals surface area (Å²) >= 11 is 0.626. The first kappa shape index (κ1) is 17.7. The van der Waals surface area contributed by atoms with Crippen LogP contribution in [0.5, 0.6) is 0 Å². The number of thiazole rings is 1. The van der Waals surface area contributed by atoms with Crippen LogP contribution in [-0.4, -0.2) is 23.0 Å². The molecule has 0 aliphatic heterocycles. The van der Waals surface area contributed by atoms with E-state index >= 15 is 0 Å². The minimum atomic E-state index is -4.34. The monoisotopic (exact) mass is 343 g/mol. The van der Waals surface area contributed by atoms with E-state index in [2.05, 4.69) is 29.0 Å². The summed E-state index contributed by atoms with van der Waals surface area (Å²) in [6.45, 7) is 5.48. The second-order valence-corrected chi connectivity index (χ2v) is 6.69. The van der Waals surface area contributed by atoms with Crippen molar-refractivity contribution in [3.63, 3.8) is 0 Å². The molecular weight excluding hydrogens is 323 g/mol. The standard InChI is InChI=1S/C16H20F3N3S/c1-11(2)22(3)10-13-7-5-4-6-12(13)8-20-15-21-9-14(23-15)16(17,18)19/h4-7,9,11H,8,10H2,1-3H3,(H,20,21). The molecule has 0 spiro atoms. The maximum Gasteiger partial charge on any atom is 0.427 e. The van der Waals surface area contributed by atoms with Crippen LogP contribution in [0.3, 0.4) is 0 Å². The lowest BCUT2D eigenvalue weighted by Crippen LogP contribution is -2.26. The van der Waals surface area contributed by atoms with Gasteiger partial charge in [0.15, 0.2) is 5.13 Å². The molecule has 3 nitrogen and oxygen atoms in total. The first-order chi connectivity index (χ1) is 10.8. The Morgan fingerprint density at radius 3 is 2.43 bits per heavy atom. The normalized spacial score (nSPS) is 12.2. The molecule has 0 bridgehead atoms. The van der Waals surface area contributed by atoms with Crippen molar-refractivity contribution < 1.29 is 13.2 Å². The van der Waals surface area contributed by atoms with Gasteiger partial charge in [-0.1, -0.05) is 35.6 Å². The van der Waals surface area contributed by atoms with Gasteiger partial charge < -0.3 is 5.32 Å². The molecule has 0 amide bonds. The van der Waals surface area contributed by atoms with Crippen molar-refractivity contribution in [1.82, 2.24) is 9.88 Å². The summed E-state index contributed by atoms with van der Waals surface area (Å²) in [5, 5.41) is 3.27. The highest BCUT2D eigenvalue weighted by Gasteiger charge is 2.33. The van der Waals surface area contributed by atoms with Crippen LogP contribution in [0.4, 0.5) is 18.3 Å². The molecular formula is C16H20F3N3S. The summed E-state index contributed by atoms with van der Waals surface area (Å²) in [7, 11) is 2.05. The van der Waals surface area contributed by atoms with Gasteiger partial charge in [-0.3, -0.25) is 4.90 Å². The van der Waals surface area contributed by atoms with Gasteiger partial charge in [-0.25, -0.2) is 4.98 Å². The molecule has 1 aromatic heterocycles. The number of halogens is 3. The molecule has 0 atom stereocenters. The van der Waals surface area contributed by atoms with Crippen LogP contribution >= 0.6 is 11.3 Å². The summed E-state index contributed by atoms with van der Waals surface area (Å²) < 4.78 is 37.8. The molecule has 1 aromatic carbocycles. The quantitative estimate of drug-likeness (QED) is 0.830. The highest BCUT2D eigenvalue weighted by Crippen LogP contribution is 2.35. The predicted octanol–water partition coefficient (Wildman–Crippen LogP) is 4.61. The van der Waals surface area contributed by atoms with Crippen LogP contribution in [-0.2, 0) is 19.3 Å². The summed E-state index contributed by atoms with van der Waals surface area (Å²) in [5.41, 5.74) is 2.22. The molecule has 0 aliphatic rings. The second kappa shape index (κ2) is 7.31. The van der Waals surface area contributed by atoms with Gasteiger partial charge in [-0.15, -0.1) is 0 Å². The number of nitrogens with zero attached hydrogens (tertiary/aromatic N) is 2. The van der Waals surface area contributed by atoms with Crippen LogP contribution in [0.2, 0.25) is 0 Å². The fraction of sp³-hybridized carbons (Fsp3) is 0.438. The van der Waals surface area contributed by atoms with Crippen LogP contribution in [0.25, 0.3) is 0 Å². The van der Waals surface area contributed by atoms with E-state index in [9.17, 15) is 13.2 Å². The Morgan fingerprint density at radius 1 is 1.22 bits per heavy atom. The van der Waals surface area contributed by atoms with Gasteiger partial charge in [0.1, 0.15) is 4.88 Å². The van der Waals surface area contributed by atoms with Crippen LogP contribution < -0.4 is 5.32 Å². The zero-order valence-corrected chi connectivity index (χ0v) is 14.1. The average Bonchev–Trinajstić information content (AvgIpc) is 2.95. The molecule has 0 aliphatic carbocycles. The Balaban J connectivity index is 2.05. The van der Waals surface area contributed by atoms with Gasteiger partial charge in [-0.05, 0) is 32.0 Å². The van der Waals surface area contributed by atoms with E-state index in [0.29, 0.717) is 23.9 Å². The molecule has 1 heterocycles. The Morgan fingerprint density at radius 2 is 1.87 bits per heavy atom. The number of aromatic nitrogens is 1. The Labute approximate surface area is 138 Å². The summed E-state index contributed by atoms with van der Waals surface area (Å²) in [6.07, 6.45) is -3.47. The minimum absolute atomic E-state index is 0.282. The molecule has 23 heavy (non-hydrogen) atoms. The topological polar surface area (TPSA) is 28.2 Å². The third-order valence-corrected chi connectivity index (χ3v) is 4.63. The molecule has 0 saturated carbocycles. The van der Waals surface area contributed by atoms with E-state index in [1.54, 1.807) is 0 Å². The van der Waals surface area contributed by atoms with E-state index in [-0.39, 0.29) is 5.13 Å². The van der Waals surface area contributed by atoms with Gasteiger partial charge in [0.2, 0.25) is 0 Å². The Bertz CT molecular complexity index is 637. The van der Waals surface area contributed by atoms with Gasteiger partial charge in [0.25, 0.3) is 0 Å². The zero-order chi connectivity index (χ0) is 17.0. The fourth-order valence-corrected chi connectivity index (χ4v) is 2.67. The van der Waals surface area contributed by atoms with E-state index in [1.807, 2.05) is 31.3 Å². The van der Waals surface area contributed by atoms with E-state index in [1.165, 1.54) is 0 Å². The summed E-state index contributed by atoms with van der Waals surface area (Å²) in [6, 6.07) is 8.34. The van der Waals surface area contributed by atoms with Crippen molar-refractivity contribution >= 4 is 16.5 Å². The molecule has 2 rings (SSSR count). The number of hydrogen-bond acceptors (Lipinski definition) is 4. The lowest BCUT2D eigenvalue weighted by Gasteiger charge is -2.22. The molecule has 0 unspecified atom stereocenters.